The van der Waals surface area contributed by atoms with Crippen LogP contribution in [-0.4, -0.2) is 18.9 Å². The molecule has 3 N–H and O–H groups in total. The van der Waals surface area contributed by atoms with E-state index in [-0.39, 0.29) is 0 Å². The Kier molecular flexibility index (Phi) is 3.82. The molecule has 0 unspecified atom stereocenters. The van der Waals surface area contributed by atoms with Crippen molar-refractivity contribution in [2.45, 2.75) is 31.2 Å². The number of sulfonamides is 1. The van der Waals surface area contributed by atoms with E-state index in [1.807, 2.05) is 0 Å². The van der Waals surface area contributed by atoms with Gasteiger partial charge < -0.3 is 5.73 Å². The van der Waals surface area contributed by atoms with Gasteiger partial charge in [-0.2, -0.15) is 0 Å². The van der Waals surface area contributed by atoms with Gasteiger partial charge in [-0.15, -0.1) is 0 Å². The molecule has 0 aliphatic heterocycles. The zero-order valence-electron chi connectivity index (χ0n) is 10.6. The first-order chi connectivity index (χ1) is 8.44. The van der Waals surface area contributed by atoms with Crippen LogP contribution in [-0.2, 0) is 10.0 Å². The Hall–Kier alpha value is -1.74. The first-order valence-electron chi connectivity index (χ1n) is 5.21. The van der Waals surface area contributed by atoms with E-state index in [0.717, 1.165) is 0 Å². The summed E-state index contributed by atoms with van der Waals surface area (Å²) in [5.41, 5.74) is 3.33. The highest BCUT2D eigenvalue weighted by atomic mass is 32.2. The Morgan fingerprint density at radius 2 is 1.89 bits per heavy atom. The standard InChI is InChI=1S/C10H14FN3O4S/c1-10(2,3)13-19(17,18)9-5-8(14(15)16)7(12)4-6(9)11/h4-5,13H,12H2,1-3H3. The van der Waals surface area contributed by atoms with Gasteiger partial charge in [0.15, 0.2) is 0 Å². The van der Waals surface area contributed by atoms with Crippen LogP contribution in [0.1, 0.15) is 20.8 Å². The van der Waals surface area contributed by atoms with Gasteiger partial charge in [0.2, 0.25) is 10.0 Å². The van der Waals surface area contributed by atoms with Crippen molar-refractivity contribution in [2.24, 2.45) is 0 Å². The smallest absolute Gasteiger partial charge is 0.293 e. The number of nitro benzene ring substituents is 1. The average molecular weight is 291 g/mol. The lowest BCUT2D eigenvalue weighted by atomic mass is 10.1. The lowest BCUT2D eigenvalue weighted by molar-refractivity contribution is -0.384. The van der Waals surface area contributed by atoms with Gasteiger partial charge >= 0.3 is 0 Å². The maximum absolute atomic E-state index is 13.6. The van der Waals surface area contributed by atoms with Gasteiger partial charge in [0, 0.05) is 17.7 Å². The van der Waals surface area contributed by atoms with E-state index < -0.39 is 42.6 Å². The number of nitrogen functional groups attached to an aromatic ring is 1. The first kappa shape index (κ1) is 15.3. The van der Waals surface area contributed by atoms with E-state index in [2.05, 4.69) is 4.72 Å². The van der Waals surface area contributed by atoms with Crippen molar-refractivity contribution in [2.75, 3.05) is 5.73 Å². The minimum atomic E-state index is -4.21. The zero-order chi connectivity index (χ0) is 15.0. The highest BCUT2D eigenvalue weighted by molar-refractivity contribution is 7.89. The van der Waals surface area contributed by atoms with Crippen LogP contribution >= 0.6 is 0 Å². The van der Waals surface area contributed by atoms with Crippen LogP contribution in [0, 0.1) is 15.9 Å². The molecule has 0 heterocycles. The number of rotatable bonds is 3. The molecule has 7 nitrogen and oxygen atoms in total. The van der Waals surface area contributed by atoms with E-state index >= 15 is 0 Å². The van der Waals surface area contributed by atoms with Crippen LogP contribution in [0.5, 0.6) is 0 Å². The predicted molar refractivity (Wildman–Crippen MR) is 67.5 cm³/mol. The molecule has 1 aromatic rings. The molecule has 0 atom stereocenters. The highest BCUT2D eigenvalue weighted by Crippen LogP contribution is 2.28. The second kappa shape index (κ2) is 4.74. The van der Waals surface area contributed by atoms with E-state index in [9.17, 15) is 22.9 Å². The van der Waals surface area contributed by atoms with E-state index in [0.29, 0.717) is 12.1 Å². The van der Waals surface area contributed by atoms with Crippen molar-refractivity contribution in [1.82, 2.24) is 4.72 Å². The number of benzene rings is 1. The summed E-state index contributed by atoms with van der Waals surface area (Å²) < 4.78 is 39.7. The molecular formula is C10H14FN3O4S. The molecule has 0 saturated heterocycles. The fraction of sp³-hybridized carbons (Fsp3) is 0.400. The third kappa shape index (κ3) is 3.61. The number of hydrogen-bond acceptors (Lipinski definition) is 5. The molecule has 1 aromatic carbocycles. The summed E-state index contributed by atoms with van der Waals surface area (Å²) in [6, 6.07) is 1.23. The molecule has 0 fully saturated rings. The minimum Gasteiger partial charge on any atom is -0.393 e. The maximum atomic E-state index is 13.6. The van der Waals surface area contributed by atoms with Gasteiger partial charge in [-0.05, 0) is 20.8 Å². The maximum Gasteiger partial charge on any atom is 0.293 e. The van der Waals surface area contributed by atoms with Crippen molar-refractivity contribution in [3.05, 3.63) is 28.1 Å². The van der Waals surface area contributed by atoms with Crippen molar-refractivity contribution >= 4 is 21.4 Å². The van der Waals surface area contributed by atoms with Gasteiger partial charge in [0.25, 0.3) is 5.69 Å². The van der Waals surface area contributed by atoms with E-state index in [1.165, 1.54) is 0 Å². The number of hydrogen-bond donors (Lipinski definition) is 2. The van der Waals surface area contributed by atoms with Crippen molar-refractivity contribution in [3.63, 3.8) is 0 Å². The van der Waals surface area contributed by atoms with Crippen molar-refractivity contribution in [3.8, 4) is 0 Å². The molecule has 0 radical (unpaired) electrons. The number of nitrogens with one attached hydrogen (secondary N) is 1. The molecule has 0 bridgehead atoms. The van der Waals surface area contributed by atoms with Gasteiger partial charge in [0.1, 0.15) is 16.4 Å². The molecular weight excluding hydrogens is 277 g/mol. The number of nitrogens with zero attached hydrogens (tertiary/aromatic N) is 1. The lowest BCUT2D eigenvalue weighted by Gasteiger charge is -2.20. The number of nitro groups is 1. The summed E-state index contributed by atoms with van der Waals surface area (Å²) in [5.74, 6) is -1.14. The van der Waals surface area contributed by atoms with Crippen LogP contribution < -0.4 is 10.5 Å². The molecule has 0 spiro atoms. The van der Waals surface area contributed by atoms with Crippen molar-refractivity contribution in [1.29, 1.82) is 0 Å². The topological polar surface area (TPSA) is 115 Å². The summed E-state index contributed by atoms with van der Waals surface area (Å²) in [6.45, 7) is 4.69. The summed E-state index contributed by atoms with van der Waals surface area (Å²) in [6.07, 6.45) is 0. The largest absolute Gasteiger partial charge is 0.393 e. The Morgan fingerprint density at radius 3 is 2.32 bits per heavy atom. The van der Waals surface area contributed by atoms with Gasteiger partial charge in [-0.1, -0.05) is 0 Å². The monoisotopic (exact) mass is 291 g/mol. The van der Waals surface area contributed by atoms with Crippen LogP contribution in [0.4, 0.5) is 15.8 Å². The Morgan fingerprint density at radius 1 is 1.37 bits per heavy atom. The molecule has 0 aliphatic carbocycles. The van der Waals surface area contributed by atoms with Crippen LogP contribution in [0.25, 0.3) is 0 Å². The Bertz CT molecular complexity index is 622. The Balaban J connectivity index is 3.43. The number of anilines is 1. The summed E-state index contributed by atoms with van der Waals surface area (Å²) >= 11 is 0. The zero-order valence-corrected chi connectivity index (χ0v) is 11.4. The molecule has 1 rings (SSSR count). The number of nitrogens with two attached hydrogens (primary N) is 1. The summed E-state index contributed by atoms with van der Waals surface area (Å²) in [7, 11) is -4.21. The SMILES string of the molecule is CC(C)(C)NS(=O)(=O)c1cc([N+](=O)[O-])c(N)cc1F. The highest BCUT2D eigenvalue weighted by Gasteiger charge is 2.28. The molecule has 0 aliphatic rings. The normalized spacial score (nSPS) is 12.4. The van der Waals surface area contributed by atoms with Gasteiger partial charge in [-0.25, -0.2) is 17.5 Å². The summed E-state index contributed by atoms with van der Waals surface area (Å²) in [4.78, 5) is 9.01. The van der Waals surface area contributed by atoms with E-state index in [1.54, 1.807) is 20.8 Å². The van der Waals surface area contributed by atoms with Gasteiger partial charge in [-0.3, -0.25) is 10.1 Å². The third-order valence-electron chi connectivity index (χ3n) is 2.01. The predicted octanol–water partition coefficient (Wildman–Crippen LogP) is 1.39. The molecule has 106 valence electrons. The molecule has 0 saturated carbocycles. The second-order valence-corrected chi connectivity index (χ2v) is 6.60. The van der Waals surface area contributed by atoms with Crippen LogP contribution in [0.2, 0.25) is 0 Å². The summed E-state index contributed by atoms with van der Waals surface area (Å²) in [5, 5.41) is 10.7. The third-order valence-corrected chi connectivity index (χ3v) is 3.78. The van der Waals surface area contributed by atoms with Crippen molar-refractivity contribution < 1.29 is 17.7 Å². The first-order valence-corrected chi connectivity index (χ1v) is 6.70. The molecule has 19 heavy (non-hydrogen) atoms. The number of halogens is 1. The molecule has 9 heteroatoms. The average Bonchev–Trinajstić information content (AvgIpc) is 2.11. The Labute approximate surface area is 109 Å². The van der Waals surface area contributed by atoms with E-state index in [4.69, 9.17) is 5.73 Å². The fourth-order valence-corrected chi connectivity index (χ4v) is 2.88. The fourth-order valence-electron chi connectivity index (χ4n) is 1.38. The quantitative estimate of drug-likeness (QED) is 0.496. The molecule has 0 amide bonds. The molecule has 0 aromatic heterocycles. The lowest BCUT2D eigenvalue weighted by Crippen LogP contribution is -2.40. The second-order valence-electron chi connectivity index (χ2n) is 4.95. The van der Waals surface area contributed by atoms with Gasteiger partial charge in [0.05, 0.1) is 4.92 Å². The van der Waals surface area contributed by atoms with Crippen LogP contribution in [0.15, 0.2) is 17.0 Å². The van der Waals surface area contributed by atoms with Crippen LogP contribution in [0.3, 0.4) is 0 Å². The minimum absolute atomic E-state index is 0.433.